The molecule has 0 spiro atoms. The number of nitrogens with zero attached hydrogens (tertiary/aromatic N) is 3. The van der Waals surface area contributed by atoms with Crippen LogP contribution in [0.15, 0.2) is 40.6 Å². The molecule has 8 heteroatoms. The van der Waals surface area contributed by atoms with Crippen LogP contribution in [0.5, 0.6) is 5.75 Å². The second kappa shape index (κ2) is 5.77. The highest BCUT2D eigenvalue weighted by molar-refractivity contribution is 7.21. The molecule has 0 aliphatic carbocycles. The molecule has 21 heavy (non-hydrogen) atoms. The molecular formula is C13H6Cl3N3OS. The number of aromatic hydroxyl groups is 1. The number of thiazole rings is 1. The Balaban J connectivity index is 1.96. The monoisotopic (exact) mass is 357 g/mol. The summed E-state index contributed by atoms with van der Waals surface area (Å²) in [6.45, 7) is 0. The Morgan fingerprint density at radius 2 is 1.81 bits per heavy atom. The molecule has 1 aromatic heterocycles. The molecule has 0 unspecified atom stereocenters. The summed E-state index contributed by atoms with van der Waals surface area (Å²) in [5, 5.41) is 19.0. The lowest BCUT2D eigenvalue weighted by molar-refractivity contribution is 0.475. The fraction of sp³-hybridized carbons (Fsp3) is 0. The van der Waals surface area contributed by atoms with Crippen LogP contribution in [0.4, 0.5) is 10.8 Å². The van der Waals surface area contributed by atoms with Gasteiger partial charge in [-0.2, -0.15) is 0 Å². The molecular weight excluding hydrogens is 353 g/mol. The number of phenols is 1. The zero-order chi connectivity index (χ0) is 15.0. The van der Waals surface area contributed by atoms with Gasteiger partial charge in [-0.15, -0.1) is 10.2 Å². The second-order valence-corrected chi connectivity index (χ2v) is 6.32. The van der Waals surface area contributed by atoms with Crippen molar-refractivity contribution < 1.29 is 5.11 Å². The van der Waals surface area contributed by atoms with E-state index in [1.54, 1.807) is 6.07 Å². The van der Waals surface area contributed by atoms with Crippen LogP contribution in [0.25, 0.3) is 10.2 Å². The van der Waals surface area contributed by atoms with Gasteiger partial charge in [0.2, 0.25) is 5.13 Å². The van der Waals surface area contributed by atoms with Crippen LogP contribution in [-0.4, -0.2) is 10.1 Å². The lowest BCUT2D eigenvalue weighted by Crippen LogP contribution is -1.71. The number of aromatic nitrogens is 1. The Labute approximate surface area is 138 Å². The molecule has 0 radical (unpaired) electrons. The molecule has 0 aliphatic heterocycles. The van der Waals surface area contributed by atoms with E-state index in [1.807, 2.05) is 12.1 Å². The molecule has 4 nitrogen and oxygen atoms in total. The number of rotatable bonds is 2. The summed E-state index contributed by atoms with van der Waals surface area (Å²) in [4.78, 5) is 4.31. The van der Waals surface area contributed by atoms with Crippen LogP contribution in [0.1, 0.15) is 0 Å². The first-order valence-electron chi connectivity index (χ1n) is 5.69. The minimum Gasteiger partial charge on any atom is -0.506 e. The first-order valence-corrected chi connectivity index (χ1v) is 7.64. The topological polar surface area (TPSA) is 57.8 Å². The maximum absolute atomic E-state index is 9.42. The van der Waals surface area contributed by atoms with Crippen LogP contribution in [0.2, 0.25) is 15.1 Å². The van der Waals surface area contributed by atoms with Crippen LogP contribution in [0.3, 0.4) is 0 Å². The van der Waals surface area contributed by atoms with Crippen molar-refractivity contribution in [3.8, 4) is 5.75 Å². The maximum Gasteiger partial charge on any atom is 0.231 e. The van der Waals surface area contributed by atoms with Crippen molar-refractivity contribution in [1.82, 2.24) is 4.98 Å². The molecule has 0 bridgehead atoms. The Morgan fingerprint density at radius 3 is 2.62 bits per heavy atom. The highest BCUT2D eigenvalue weighted by atomic mass is 35.5. The average molecular weight is 359 g/mol. The van der Waals surface area contributed by atoms with E-state index in [0.29, 0.717) is 15.8 Å². The smallest absolute Gasteiger partial charge is 0.231 e. The van der Waals surface area contributed by atoms with E-state index in [0.717, 1.165) is 10.2 Å². The quantitative estimate of drug-likeness (QED) is 0.540. The summed E-state index contributed by atoms with van der Waals surface area (Å²) in [7, 11) is 0. The number of halogens is 3. The van der Waals surface area contributed by atoms with E-state index < -0.39 is 0 Å². The largest absolute Gasteiger partial charge is 0.506 e. The summed E-state index contributed by atoms with van der Waals surface area (Å²) in [5.41, 5.74) is 1.16. The summed E-state index contributed by atoms with van der Waals surface area (Å²) < 4.78 is 0.922. The molecule has 1 heterocycles. The van der Waals surface area contributed by atoms with Gasteiger partial charge in [0.15, 0.2) is 0 Å². The zero-order valence-corrected chi connectivity index (χ0v) is 13.3. The molecule has 3 aromatic rings. The first kappa shape index (κ1) is 14.5. The zero-order valence-electron chi connectivity index (χ0n) is 10.2. The number of hydrogen-bond acceptors (Lipinski definition) is 5. The molecule has 106 valence electrons. The van der Waals surface area contributed by atoms with Crippen molar-refractivity contribution in [2.45, 2.75) is 0 Å². The Morgan fingerprint density at radius 1 is 1.00 bits per heavy atom. The third-order valence-electron chi connectivity index (χ3n) is 2.60. The highest BCUT2D eigenvalue weighted by Gasteiger charge is 2.07. The number of hydrogen-bond donors (Lipinski definition) is 1. The molecule has 1 N–H and O–H groups in total. The summed E-state index contributed by atoms with van der Waals surface area (Å²) in [6, 6.07) is 8.15. The van der Waals surface area contributed by atoms with Gasteiger partial charge in [0, 0.05) is 11.1 Å². The standard InChI is InChI=1S/C13H6Cl3N3OS/c14-6-1-2-9-12(3-6)21-13(17-9)19-18-10-4-8(16)11(20)5-7(10)15/h1-5,20H. The normalized spacial score (nSPS) is 11.6. The van der Waals surface area contributed by atoms with E-state index in [9.17, 15) is 5.11 Å². The average Bonchev–Trinajstić information content (AvgIpc) is 2.83. The number of fused-ring (bicyclic) bond motifs is 1. The van der Waals surface area contributed by atoms with Gasteiger partial charge in [0.05, 0.1) is 20.3 Å². The third-order valence-corrected chi connectivity index (χ3v) is 4.34. The Hall–Kier alpha value is -1.40. The minimum absolute atomic E-state index is 0.102. The first-order chi connectivity index (χ1) is 10.0. The van der Waals surface area contributed by atoms with E-state index >= 15 is 0 Å². The van der Waals surface area contributed by atoms with E-state index in [-0.39, 0.29) is 15.8 Å². The van der Waals surface area contributed by atoms with E-state index in [2.05, 4.69) is 15.2 Å². The molecule has 2 aromatic carbocycles. The predicted octanol–water partition coefficient (Wildman–Crippen LogP) is 6.38. The number of benzene rings is 2. The van der Waals surface area contributed by atoms with Gasteiger partial charge >= 0.3 is 0 Å². The number of phenolic OH excluding ortho intramolecular Hbond substituents is 1. The van der Waals surface area contributed by atoms with Gasteiger partial charge in [-0.3, -0.25) is 0 Å². The Kier molecular flexibility index (Phi) is 3.99. The van der Waals surface area contributed by atoms with Crippen LogP contribution in [0, 0.1) is 0 Å². The number of azo groups is 1. The van der Waals surface area contributed by atoms with Gasteiger partial charge in [0.1, 0.15) is 11.4 Å². The lowest BCUT2D eigenvalue weighted by atomic mass is 10.3. The molecule has 0 fully saturated rings. The summed E-state index contributed by atoms with van der Waals surface area (Å²) >= 11 is 19.1. The molecule has 0 saturated heterocycles. The van der Waals surface area contributed by atoms with Crippen molar-refractivity contribution in [3.63, 3.8) is 0 Å². The van der Waals surface area contributed by atoms with Gasteiger partial charge in [-0.1, -0.05) is 46.1 Å². The van der Waals surface area contributed by atoms with Crippen molar-refractivity contribution in [1.29, 1.82) is 0 Å². The van der Waals surface area contributed by atoms with Crippen LogP contribution in [-0.2, 0) is 0 Å². The second-order valence-electron chi connectivity index (χ2n) is 4.06. The summed E-state index contributed by atoms with van der Waals surface area (Å²) in [5.74, 6) is -0.102. The SMILES string of the molecule is Oc1cc(Cl)c(N=Nc2nc3ccc(Cl)cc3s2)cc1Cl. The molecule has 0 amide bonds. The molecule has 0 aliphatic rings. The van der Waals surface area contributed by atoms with Crippen molar-refractivity contribution in [3.05, 3.63) is 45.4 Å². The summed E-state index contributed by atoms with van der Waals surface area (Å²) in [6.07, 6.45) is 0. The molecule has 0 saturated carbocycles. The van der Waals surface area contributed by atoms with Crippen LogP contribution >= 0.6 is 46.1 Å². The van der Waals surface area contributed by atoms with Gasteiger partial charge in [0.25, 0.3) is 0 Å². The van der Waals surface area contributed by atoms with E-state index in [4.69, 9.17) is 34.8 Å². The molecule has 0 atom stereocenters. The van der Waals surface area contributed by atoms with Crippen LogP contribution < -0.4 is 0 Å². The lowest BCUT2D eigenvalue weighted by Gasteiger charge is -1.99. The van der Waals surface area contributed by atoms with Crippen molar-refractivity contribution in [2.75, 3.05) is 0 Å². The highest BCUT2D eigenvalue weighted by Crippen LogP contribution is 2.37. The molecule has 3 rings (SSSR count). The van der Waals surface area contributed by atoms with Gasteiger partial charge in [-0.05, 0) is 24.3 Å². The Bertz CT molecular complexity index is 863. The van der Waals surface area contributed by atoms with Gasteiger partial charge in [-0.25, -0.2) is 4.98 Å². The fourth-order valence-corrected chi connectivity index (χ4v) is 3.05. The minimum atomic E-state index is -0.102. The van der Waals surface area contributed by atoms with Crippen molar-refractivity contribution >= 4 is 67.2 Å². The predicted molar refractivity (Wildman–Crippen MR) is 86.9 cm³/mol. The van der Waals surface area contributed by atoms with E-state index in [1.165, 1.54) is 23.5 Å². The maximum atomic E-state index is 9.42. The fourth-order valence-electron chi connectivity index (χ4n) is 1.63. The van der Waals surface area contributed by atoms with Crippen molar-refractivity contribution in [2.24, 2.45) is 10.2 Å². The van der Waals surface area contributed by atoms with Gasteiger partial charge < -0.3 is 5.11 Å². The third kappa shape index (κ3) is 3.11.